The van der Waals surface area contributed by atoms with Crippen LogP contribution in [0.2, 0.25) is 0 Å². The molecule has 2 fully saturated rings. The van der Waals surface area contributed by atoms with Gasteiger partial charge in [0.25, 0.3) is 11.8 Å². The van der Waals surface area contributed by atoms with Crippen molar-refractivity contribution in [1.82, 2.24) is 25.1 Å². The number of amides is 2. The summed E-state index contributed by atoms with van der Waals surface area (Å²) < 4.78 is 29.6. The molecule has 3 aromatic carbocycles. The number of piperazine rings is 1. The molecule has 14 nitrogen and oxygen atoms in total. The van der Waals surface area contributed by atoms with Gasteiger partial charge in [0.05, 0.1) is 27.9 Å². The van der Waals surface area contributed by atoms with Gasteiger partial charge < -0.3 is 49.4 Å². The molecule has 1 aliphatic carbocycles. The number of para-hydroxylation sites is 1. The largest absolute Gasteiger partial charge is 0.493 e. The SMILES string of the molecule is COc1cc(C(=O)NC2CCCC2)ccc1Oc1nc(Nc2cc(OC)c(OC)c(OCCCN3CCN(C)CC3)c2)ncc1C(=O)Nc1c(C)cccc1C. The lowest BCUT2D eigenvalue weighted by Gasteiger charge is -2.32. The Morgan fingerprint density at radius 3 is 2.25 bits per heavy atom. The Hall–Kier alpha value is -5.60. The fourth-order valence-electron chi connectivity index (χ4n) is 6.97. The molecule has 2 amide bonds. The van der Waals surface area contributed by atoms with Gasteiger partial charge in [0.15, 0.2) is 23.0 Å². The van der Waals surface area contributed by atoms with E-state index in [1.807, 2.05) is 32.0 Å². The summed E-state index contributed by atoms with van der Waals surface area (Å²) in [7, 11) is 6.77. The lowest BCUT2D eigenvalue weighted by molar-refractivity contribution is 0.0936. The minimum Gasteiger partial charge on any atom is -0.493 e. The molecule has 0 spiro atoms. The third-order valence-electron chi connectivity index (χ3n) is 10.2. The Kier molecular flexibility index (Phi) is 13.5. The van der Waals surface area contributed by atoms with Crippen LogP contribution in [0.15, 0.2) is 54.7 Å². The second-order valence-electron chi connectivity index (χ2n) is 14.2. The number of hydrogen-bond donors (Lipinski definition) is 3. The van der Waals surface area contributed by atoms with E-state index in [1.54, 1.807) is 44.6 Å². The molecule has 298 valence electrons. The summed E-state index contributed by atoms with van der Waals surface area (Å²) >= 11 is 0. The zero-order valence-corrected chi connectivity index (χ0v) is 33.2. The maximum atomic E-state index is 13.9. The summed E-state index contributed by atoms with van der Waals surface area (Å²) in [6.45, 7) is 9.47. The van der Waals surface area contributed by atoms with E-state index in [9.17, 15) is 9.59 Å². The van der Waals surface area contributed by atoms with Gasteiger partial charge in [-0.1, -0.05) is 31.0 Å². The van der Waals surface area contributed by atoms with E-state index in [1.165, 1.54) is 13.3 Å². The van der Waals surface area contributed by atoms with E-state index in [0.29, 0.717) is 46.5 Å². The normalized spacial score (nSPS) is 14.9. The molecule has 0 bridgehead atoms. The molecule has 1 aliphatic heterocycles. The first-order valence-corrected chi connectivity index (χ1v) is 19.1. The van der Waals surface area contributed by atoms with Crippen LogP contribution in [0, 0.1) is 13.8 Å². The molecule has 1 saturated carbocycles. The molecular weight excluding hydrogens is 715 g/mol. The van der Waals surface area contributed by atoms with Crippen molar-refractivity contribution >= 4 is 29.1 Å². The van der Waals surface area contributed by atoms with Crippen LogP contribution in [0.1, 0.15) is 63.9 Å². The maximum Gasteiger partial charge on any atom is 0.262 e. The average Bonchev–Trinajstić information content (AvgIpc) is 3.71. The topological polar surface area (TPSA) is 149 Å². The molecule has 4 aromatic rings. The molecule has 1 saturated heterocycles. The monoisotopic (exact) mass is 767 g/mol. The molecule has 2 heterocycles. The molecule has 0 atom stereocenters. The number of benzene rings is 3. The lowest BCUT2D eigenvalue weighted by atomic mass is 10.1. The number of aromatic nitrogens is 2. The number of ether oxygens (including phenoxy) is 5. The smallest absolute Gasteiger partial charge is 0.262 e. The van der Waals surface area contributed by atoms with Crippen LogP contribution >= 0.6 is 0 Å². The van der Waals surface area contributed by atoms with E-state index >= 15 is 0 Å². The predicted octanol–water partition coefficient (Wildman–Crippen LogP) is 6.60. The van der Waals surface area contributed by atoms with Crippen LogP contribution in [0.5, 0.6) is 34.6 Å². The molecule has 14 heteroatoms. The number of aryl methyl sites for hydroxylation is 2. The van der Waals surface area contributed by atoms with E-state index in [-0.39, 0.29) is 35.1 Å². The van der Waals surface area contributed by atoms with Crippen molar-refractivity contribution in [3.8, 4) is 34.6 Å². The number of methoxy groups -OCH3 is 3. The van der Waals surface area contributed by atoms with Crippen molar-refractivity contribution in [2.45, 2.75) is 52.0 Å². The summed E-state index contributed by atoms with van der Waals surface area (Å²) in [5.41, 5.74) is 3.57. The quantitative estimate of drug-likeness (QED) is 0.106. The zero-order chi connectivity index (χ0) is 39.6. The number of carbonyl (C=O) groups excluding carboxylic acids is 2. The fourth-order valence-corrected chi connectivity index (χ4v) is 6.97. The summed E-state index contributed by atoms with van der Waals surface area (Å²) in [4.78, 5) is 40.9. The highest BCUT2D eigenvalue weighted by molar-refractivity contribution is 6.06. The van der Waals surface area contributed by atoms with Crippen molar-refractivity contribution in [3.05, 3.63) is 77.0 Å². The van der Waals surface area contributed by atoms with E-state index in [4.69, 9.17) is 23.7 Å². The van der Waals surface area contributed by atoms with Crippen molar-refractivity contribution in [2.24, 2.45) is 0 Å². The Morgan fingerprint density at radius 2 is 1.55 bits per heavy atom. The number of nitrogens with zero attached hydrogens (tertiary/aromatic N) is 4. The van der Waals surface area contributed by atoms with Crippen molar-refractivity contribution in [2.75, 3.05) is 78.3 Å². The Labute approximate surface area is 328 Å². The highest BCUT2D eigenvalue weighted by Crippen LogP contribution is 2.41. The summed E-state index contributed by atoms with van der Waals surface area (Å²) in [6.07, 6.45) is 6.40. The number of carbonyl (C=O) groups is 2. The fraction of sp³-hybridized carbons (Fsp3) is 0.429. The number of hydrogen-bond acceptors (Lipinski definition) is 12. The van der Waals surface area contributed by atoms with Gasteiger partial charge in [-0.15, -0.1) is 0 Å². The third-order valence-corrected chi connectivity index (χ3v) is 10.2. The van der Waals surface area contributed by atoms with Crippen LogP contribution in [0.4, 0.5) is 17.3 Å². The third kappa shape index (κ3) is 9.98. The van der Waals surface area contributed by atoms with Crippen molar-refractivity contribution < 1.29 is 33.3 Å². The number of nitrogens with one attached hydrogen (secondary N) is 3. The molecular formula is C42H53N7O7. The molecule has 0 unspecified atom stereocenters. The first-order chi connectivity index (χ1) is 27.1. The molecule has 0 radical (unpaired) electrons. The van der Waals surface area contributed by atoms with Gasteiger partial charge in [0.2, 0.25) is 17.6 Å². The van der Waals surface area contributed by atoms with Gasteiger partial charge in [-0.25, -0.2) is 4.98 Å². The molecule has 3 N–H and O–H groups in total. The highest BCUT2D eigenvalue weighted by atomic mass is 16.5. The van der Waals surface area contributed by atoms with Crippen LogP contribution in [0.25, 0.3) is 0 Å². The number of rotatable bonds is 16. The minimum atomic E-state index is -0.464. The second kappa shape index (κ2) is 18.8. The maximum absolute atomic E-state index is 13.9. The van der Waals surface area contributed by atoms with Gasteiger partial charge in [-0.05, 0) is 69.5 Å². The Balaban J connectivity index is 1.26. The van der Waals surface area contributed by atoms with Gasteiger partial charge >= 0.3 is 0 Å². The first-order valence-electron chi connectivity index (χ1n) is 19.1. The van der Waals surface area contributed by atoms with E-state index < -0.39 is 5.91 Å². The van der Waals surface area contributed by atoms with Gasteiger partial charge in [-0.3, -0.25) is 9.59 Å². The number of anilines is 3. The zero-order valence-electron chi connectivity index (χ0n) is 33.2. The summed E-state index contributed by atoms with van der Waals surface area (Å²) in [5, 5.41) is 9.33. The summed E-state index contributed by atoms with van der Waals surface area (Å²) in [6, 6.07) is 14.4. The Morgan fingerprint density at radius 1 is 0.839 bits per heavy atom. The van der Waals surface area contributed by atoms with Crippen molar-refractivity contribution in [3.63, 3.8) is 0 Å². The average molecular weight is 768 g/mol. The summed E-state index contributed by atoms with van der Waals surface area (Å²) in [5.74, 6) is 1.43. The van der Waals surface area contributed by atoms with Crippen LogP contribution in [-0.4, -0.2) is 105 Å². The van der Waals surface area contributed by atoms with E-state index in [0.717, 1.165) is 76.0 Å². The number of likely N-dealkylation sites (N-methyl/N-ethyl adjacent to an activating group) is 1. The van der Waals surface area contributed by atoms with Crippen molar-refractivity contribution in [1.29, 1.82) is 0 Å². The van der Waals surface area contributed by atoms with Crippen LogP contribution in [0.3, 0.4) is 0 Å². The second-order valence-corrected chi connectivity index (χ2v) is 14.2. The van der Waals surface area contributed by atoms with Crippen LogP contribution < -0.4 is 39.6 Å². The Bertz CT molecular complexity index is 1970. The standard InChI is InChI=1S/C42H53N7O7/c1-27-11-9-12-28(2)37(27)46-40(51)32-26-43-42(47-41(32)56-33-16-15-29(23-34(33)52-4)39(50)44-30-13-7-8-14-30)45-31-24-35(53-5)38(54-6)36(25-31)55-22-10-17-49-20-18-48(3)19-21-49/h9,11-12,15-16,23-26,30H,7-8,10,13-14,17-22H2,1-6H3,(H,44,50)(H,46,51)(H,43,45,47). The van der Waals surface area contributed by atoms with Gasteiger partial charge in [-0.2, -0.15) is 4.98 Å². The molecule has 6 rings (SSSR count). The molecule has 2 aliphatic rings. The van der Waals surface area contributed by atoms with Crippen LogP contribution in [-0.2, 0) is 0 Å². The molecule has 56 heavy (non-hydrogen) atoms. The highest BCUT2D eigenvalue weighted by Gasteiger charge is 2.23. The van der Waals surface area contributed by atoms with Gasteiger partial charge in [0.1, 0.15) is 5.56 Å². The predicted molar refractivity (Wildman–Crippen MR) is 216 cm³/mol. The molecule has 1 aromatic heterocycles. The van der Waals surface area contributed by atoms with Gasteiger partial charge in [0, 0.05) is 74.0 Å². The van der Waals surface area contributed by atoms with E-state index in [2.05, 4.69) is 42.8 Å². The first kappa shape index (κ1) is 40.1. The minimum absolute atomic E-state index is 0.0337. The lowest BCUT2D eigenvalue weighted by Crippen LogP contribution is -2.44.